The number of carbonyl (C=O) groups excluding carboxylic acids is 3. The van der Waals surface area contributed by atoms with Gasteiger partial charge in [0.05, 0.1) is 17.7 Å². The lowest BCUT2D eigenvalue weighted by atomic mass is 9.87. The Morgan fingerprint density at radius 2 is 1.53 bits per heavy atom. The van der Waals surface area contributed by atoms with Crippen molar-refractivity contribution in [2.45, 2.75) is 78.0 Å². The van der Waals surface area contributed by atoms with Crippen LogP contribution in [0.4, 0.5) is 5.69 Å². The Morgan fingerprint density at radius 3 is 2.23 bits per heavy atom. The molecule has 1 saturated carbocycles. The molecule has 1 atom stereocenters. The molecule has 1 saturated heterocycles. The minimum absolute atomic E-state index is 0.0142. The summed E-state index contributed by atoms with van der Waals surface area (Å²) >= 11 is 0. The molecule has 3 aliphatic heterocycles. The van der Waals surface area contributed by atoms with Crippen LogP contribution in [0.1, 0.15) is 85.4 Å². The number of carbonyl (C=O) groups is 3. The predicted octanol–water partition coefficient (Wildman–Crippen LogP) is 8.02. The van der Waals surface area contributed by atoms with Crippen LogP contribution in [-0.4, -0.2) is 110 Å². The molecule has 0 radical (unpaired) electrons. The van der Waals surface area contributed by atoms with Crippen molar-refractivity contribution in [1.29, 1.82) is 5.26 Å². The van der Waals surface area contributed by atoms with Crippen molar-refractivity contribution in [3.63, 3.8) is 0 Å². The summed E-state index contributed by atoms with van der Waals surface area (Å²) in [5, 5.41) is 23.2. The largest absolute Gasteiger partial charge is 0.508 e. The van der Waals surface area contributed by atoms with Gasteiger partial charge in [0.1, 0.15) is 29.9 Å². The molecule has 0 bridgehead atoms. The number of rotatable bonds is 12. The highest BCUT2D eigenvalue weighted by atomic mass is 16.5. The van der Waals surface area contributed by atoms with E-state index in [-0.39, 0.29) is 35.9 Å². The molecule has 6 aromatic rings. The van der Waals surface area contributed by atoms with Crippen molar-refractivity contribution in [3.8, 4) is 40.0 Å². The zero-order valence-corrected chi connectivity index (χ0v) is 40.9. The number of hydrogen-bond acceptors (Lipinski definition) is 8. The number of aromatic nitrogens is 2. The third-order valence-corrected chi connectivity index (χ3v) is 15.3. The maximum absolute atomic E-state index is 15.5. The summed E-state index contributed by atoms with van der Waals surface area (Å²) in [4.78, 5) is 53.1. The quantitative estimate of drug-likeness (QED) is 0.118. The zero-order chi connectivity index (χ0) is 48.8. The molecular formula is C57H62N8O5. The number of aromatic hydroxyl groups is 1. The number of nitrogens with one attached hydrogen (secondary N) is 1. The minimum atomic E-state index is -0.363. The molecule has 1 aliphatic carbocycles. The Bertz CT molecular complexity index is 3020. The first-order chi connectivity index (χ1) is 33.8. The SMILES string of the molecule is Cc1c(-c2c(C(=O)Nc3ccc(O)cc3)c(C)n(C)c2-c2cc3c(cc2C(=O)N2Cc4ccccc4C[C@H]2C)CN(C(=O)Cc2ccc(OCCN4CCN(C5CC5)CC4)cc2)CC3)cc(C#N)n1C. The first kappa shape index (κ1) is 46.6. The maximum atomic E-state index is 15.5. The van der Waals surface area contributed by atoms with E-state index in [0.29, 0.717) is 89.7 Å². The summed E-state index contributed by atoms with van der Waals surface area (Å²) in [7, 11) is 3.75. The molecule has 13 heteroatoms. The summed E-state index contributed by atoms with van der Waals surface area (Å²) in [6.07, 6.45) is 4.24. The average Bonchev–Trinajstić information content (AvgIpc) is 4.14. The van der Waals surface area contributed by atoms with Gasteiger partial charge >= 0.3 is 0 Å². The number of phenolic OH excluding ortho intramolecular Hbond substituents is 1. The van der Waals surface area contributed by atoms with Gasteiger partial charge in [0.2, 0.25) is 5.91 Å². The monoisotopic (exact) mass is 938 g/mol. The Balaban J connectivity index is 0.963. The summed E-state index contributed by atoms with van der Waals surface area (Å²) in [5.74, 6) is 0.398. The number of phenols is 1. The van der Waals surface area contributed by atoms with Crippen LogP contribution in [0.2, 0.25) is 0 Å². The van der Waals surface area contributed by atoms with Crippen LogP contribution in [0.5, 0.6) is 11.5 Å². The number of ether oxygens (including phenoxy) is 1. The Labute approximate surface area is 410 Å². The lowest BCUT2D eigenvalue weighted by molar-refractivity contribution is -0.131. The number of nitriles is 1. The lowest BCUT2D eigenvalue weighted by Crippen LogP contribution is -2.48. The maximum Gasteiger partial charge on any atom is 0.258 e. The van der Waals surface area contributed by atoms with E-state index in [1.807, 2.05) is 95.4 Å². The summed E-state index contributed by atoms with van der Waals surface area (Å²) in [5.41, 5.74) is 11.2. The van der Waals surface area contributed by atoms with E-state index in [1.54, 1.807) is 12.1 Å². The molecule has 5 heterocycles. The van der Waals surface area contributed by atoms with Crippen molar-refractivity contribution in [1.82, 2.24) is 28.7 Å². The van der Waals surface area contributed by atoms with Gasteiger partial charge in [-0.2, -0.15) is 5.26 Å². The van der Waals surface area contributed by atoms with E-state index in [9.17, 15) is 20.0 Å². The van der Waals surface area contributed by atoms with E-state index < -0.39 is 0 Å². The molecule has 0 spiro atoms. The number of fused-ring (bicyclic) bond motifs is 2. The van der Waals surface area contributed by atoms with Crippen molar-refractivity contribution >= 4 is 23.4 Å². The Morgan fingerprint density at radius 1 is 0.800 bits per heavy atom. The fourth-order valence-corrected chi connectivity index (χ4v) is 10.8. The lowest BCUT2D eigenvalue weighted by Gasteiger charge is -2.36. The van der Waals surface area contributed by atoms with Crippen LogP contribution in [0.25, 0.3) is 22.4 Å². The fraction of sp³-hybridized carbons (Fsp3) is 0.368. The highest BCUT2D eigenvalue weighted by Gasteiger charge is 2.36. The number of amides is 3. The van der Waals surface area contributed by atoms with Crippen LogP contribution in [0.15, 0.2) is 91.0 Å². The second kappa shape index (κ2) is 19.3. The molecule has 4 aromatic carbocycles. The van der Waals surface area contributed by atoms with Gasteiger partial charge in [-0.15, -0.1) is 0 Å². The van der Waals surface area contributed by atoms with Crippen LogP contribution < -0.4 is 10.1 Å². The van der Waals surface area contributed by atoms with Crippen molar-refractivity contribution in [2.24, 2.45) is 14.1 Å². The van der Waals surface area contributed by atoms with Gasteiger partial charge in [0, 0.05) is 118 Å². The van der Waals surface area contributed by atoms with Crippen LogP contribution in [0.3, 0.4) is 0 Å². The molecule has 2 N–H and O–H groups in total. The highest BCUT2D eigenvalue weighted by molar-refractivity contribution is 6.14. The molecule has 10 rings (SSSR count). The number of hydrogen-bond donors (Lipinski definition) is 2. The molecule has 13 nitrogen and oxygen atoms in total. The molecule has 360 valence electrons. The van der Waals surface area contributed by atoms with Crippen molar-refractivity contribution in [3.05, 3.63) is 147 Å². The summed E-state index contributed by atoms with van der Waals surface area (Å²) in [6.45, 7) is 13.2. The van der Waals surface area contributed by atoms with Gasteiger partial charge < -0.3 is 34.1 Å². The molecule has 70 heavy (non-hydrogen) atoms. The van der Waals surface area contributed by atoms with E-state index in [0.717, 1.165) is 72.5 Å². The van der Waals surface area contributed by atoms with Gasteiger partial charge in [-0.05, 0) is 129 Å². The zero-order valence-electron chi connectivity index (χ0n) is 40.9. The summed E-state index contributed by atoms with van der Waals surface area (Å²) < 4.78 is 9.94. The van der Waals surface area contributed by atoms with E-state index >= 15 is 4.79 Å². The van der Waals surface area contributed by atoms with Crippen LogP contribution in [-0.2, 0) is 51.2 Å². The van der Waals surface area contributed by atoms with Crippen LogP contribution >= 0.6 is 0 Å². The van der Waals surface area contributed by atoms with Gasteiger partial charge in [-0.25, -0.2) is 0 Å². The normalized spacial score (nSPS) is 17.2. The number of benzene rings is 4. The van der Waals surface area contributed by atoms with E-state index in [2.05, 4.69) is 46.3 Å². The van der Waals surface area contributed by atoms with Crippen molar-refractivity contribution < 1.29 is 24.2 Å². The molecule has 4 aliphatic rings. The third kappa shape index (κ3) is 9.21. The second-order valence-electron chi connectivity index (χ2n) is 19.7. The van der Waals surface area contributed by atoms with Gasteiger partial charge in [0.25, 0.3) is 11.8 Å². The second-order valence-corrected chi connectivity index (χ2v) is 19.7. The topological polar surface area (TPSA) is 139 Å². The third-order valence-electron chi connectivity index (χ3n) is 15.3. The number of nitrogens with zero attached hydrogens (tertiary/aromatic N) is 7. The molecule has 0 unspecified atom stereocenters. The van der Waals surface area contributed by atoms with E-state index in [4.69, 9.17) is 4.74 Å². The standard InChI is InChI=1S/C57H62N8O5/c1-36-28-40-8-6-7-9-42(40)35-65(36)57(69)51-31-43-34-64(52(67)29-39-10-18-48(19-11-39)70-27-26-62-22-24-63(25-23-62)45-14-15-45)21-20-41(43)30-50(51)55-54(49-32-46(33-58)60(4)37(49)2)53(38(3)61(55)5)56(68)59-44-12-16-47(66)17-13-44/h6-13,16-19,30-32,36,45,66H,14-15,20-29,34-35H2,1-5H3,(H,59,68)/t36-/m1/s1. The Hall–Kier alpha value is -7.14. The van der Waals surface area contributed by atoms with Gasteiger partial charge in [0.15, 0.2) is 0 Å². The first-order valence-corrected chi connectivity index (χ1v) is 24.7. The molecule has 2 fully saturated rings. The number of piperazine rings is 1. The molecular weight excluding hydrogens is 877 g/mol. The van der Waals surface area contributed by atoms with Crippen LogP contribution in [0, 0.1) is 25.2 Å². The number of anilines is 1. The van der Waals surface area contributed by atoms with E-state index in [1.165, 1.54) is 30.5 Å². The molecule has 2 aromatic heterocycles. The van der Waals surface area contributed by atoms with Gasteiger partial charge in [-0.3, -0.25) is 24.2 Å². The predicted molar refractivity (Wildman–Crippen MR) is 271 cm³/mol. The smallest absolute Gasteiger partial charge is 0.258 e. The minimum Gasteiger partial charge on any atom is -0.508 e. The summed E-state index contributed by atoms with van der Waals surface area (Å²) in [6, 6.07) is 31.4. The molecule has 3 amide bonds. The first-order valence-electron chi connectivity index (χ1n) is 24.7. The van der Waals surface area contributed by atoms with Crippen molar-refractivity contribution in [2.75, 3.05) is 51.2 Å². The fourth-order valence-electron chi connectivity index (χ4n) is 10.8. The Kier molecular flexibility index (Phi) is 12.9. The average molecular weight is 939 g/mol. The van der Waals surface area contributed by atoms with Gasteiger partial charge in [-0.1, -0.05) is 36.4 Å². The highest BCUT2D eigenvalue weighted by Crippen LogP contribution is 2.44.